The highest BCUT2D eigenvalue weighted by atomic mass is 16.4. The predicted molar refractivity (Wildman–Crippen MR) is 50.0 cm³/mol. The first-order valence-electron chi connectivity index (χ1n) is 4.35. The minimum absolute atomic E-state index is 0.0231. The van der Waals surface area contributed by atoms with E-state index in [0.717, 1.165) is 6.42 Å². The van der Waals surface area contributed by atoms with E-state index in [9.17, 15) is 4.79 Å². The van der Waals surface area contributed by atoms with Crippen molar-refractivity contribution in [1.29, 1.82) is 0 Å². The van der Waals surface area contributed by atoms with E-state index in [1.165, 1.54) is 0 Å². The van der Waals surface area contributed by atoms with Gasteiger partial charge < -0.3 is 5.11 Å². The van der Waals surface area contributed by atoms with E-state index in [4.69, 9.17) is 5.11 Å². The van der Waals surface area contributed by atoms with Gasteiger partial charge in [0.15, 0.2) is 0 Å². The van der Waals surface area contributed by atoms with Crippen molar-refractivity contribution in [2.24, 2.45) is 11.3 Å². The SMILES string of the molecule is C=CC(C)C(C)(CCC)C(=O)O. The van der Waals surface area contributed by atoms with E-state index in [1.807, 2.05) is 13.8 Å². The summed E-state index contributed by atoms with van der Waals surface area (Å²) in [6.45, 7) is 9.31. The molecule has 2 unspecified atom stereocenters. The molecule has 0 aliphatic rings. The Hall–Kier alpha value is -0.790. The molecule has 0 saturated carbocycles. The summed E-state index contributed by atoms with van der Waals surface area (Å²) in [5.74, 6) is -0.702. The first-order chi connectivity index (χ1) is 5.49. The van der Waals surface area contributed by atoms with E-state index in [1.54, 1.807) is 13.0 Å². The number of hydrogen-bond acceptors (Lipinski definition) is 1. The fraction of sp³-hybridized carbons (Fsp3) is 0.700. The van der Waals surface area contributed by atoms with Gasteiger partial charge in [0.2, 0.25) is 0 Å². The van der Waals surface area contributed by atoms with Crippen molar-refractivity contribution in [3.8, 4) is 0 Å². The standard InChI is InChI=1S/C10H18O2/c1-5-7-10(4,9(11)12)8(3)6-2/h6,8H,2,5,7H2,1,3-4H3,(H,11,12). The lowest BCUT2D eigenvalue weighted by Crippen LogP contribution is -2.33. The molecule has 0 radical (unpaired) electrons. The van der Waals surface area contributed by atoms with E-state index in [-0.39, 0.29) is 5.92 Å². The number of carboxylic acids is 1. The van der Waals surface area contributed by atoms with Gasteiger partial charge in [-0.3, -0.25) is 4.79 Å². The molecule has 0 aliphatic carbocycles. The molecule has 2 nitrogen and oxygen atoms in total. The lowest BCUT2D eigenvalue weighted by Gasteiger charge is -2.28. The highest BCUT2D eigenvalue weighted by Gasteiger charge is 2.36. The van der Waals surface area contributed by atoms with Crippen LogP contribution in [-0.4, -0.2) is 11.1 Å². The van der Waals surface area contributed by atoms with Gasteiger partial charge in [-0.1, -0.05) is 26.3 Å². The molecule has 0 heterocycles. The zero-order valence-corrected chi connectivity index (χ0v) is 8.13. The maximum Gasteiger partial charge on any atom is 0.309 e. The molecule has 0 aromatic carbocycles. The Labute approximate surface area is 74.3 Å². The number of aliphatic carboxylic acids is 1. The van der Waals surface area contributed by atoms with Gasteiger partial charge in [-0.15, -0.1) is 6.58 Å². The number of allylic oxidation sites excluding steroid dienone is 1. The maximum atomic E-state index is 11.0. The number of rotatable bonds is 5. The van der Waals surface area contributed by atoms with Crippen LogP contribution in [0.3, 0.4) is 0 Å². The van der Waals surface area contributed by atoms with Crippen molar-refractivity contribution in [3.63, 3.8) is 0 Å². The van der Waals surface area contributed by atoms with Crippen LogP contribution in [0.15, 0.2) is 12.7 Å². The highest BCUT2D eigenvalue weighted by molar-refractivity contribution is 5.74. The third kappa shape index (κ3) is 2.10. The predicted octanol–water partition coefficient (Wildman–Crippen LogP) is 2.70. The van der Waals surface area contributed by atoms with Crippen LogP contribution in [-0.2, 0) is 4.79 Å². The smallest absolute Gasteiger partial charge is 0.309 e. The van der Waals surface area contributed by atoms with Crippen molar-refractivity contribution in [2.45, 2.75) is 33.6 Å². The Bertz CT molecular complexity index is 175. The average molecular weight is 170 g/mol. The molecule has 1 N–H and O–H groups in total. The van der Waals surface area contributed by atoms with Gasteiger partial charge >= 0.3 is 5.97 Å². The van der Waals surface area contributed by atoms with Gasteiger partial charge in [0.25, 0.3) is 0 Å². The summed E-state index contributed by atoms with van der Waals surface area (Å²) in [7, 11) is 0. The number of carbonyl (C=O) groups is 1. The number of hydrogen-bond donors (Lipinski definition) is 1. The van der Waals surface area contributed by atoms with E-state index in [2.05, 4.69) is 6.58 Å². The zero-order chi connectivity index (χ0) is 9.78. The normalized spacial score (nSPS) is 17.9. The second-order valence-electron chi connectivity index (χ2n) is 3.50. The molecule has 70 valence electrons. The summed E-state index contributed by atoms with van der Waals surface area (Å²) in [4.78, 5) is 11.0. The molecule has 0 spiro atoms. The molecule has 0 rings (SSSR count). The Kier molecular flexibility index (Phi) is 4.01. The minimum atomic E-state index is -0.725. The molecule has 0 saturated heterocycles. The quantitative estimate of drug-likeness (QED) is 0.644. The molecule has 2 heteroatoms. The lowest BCUT2D eigenvalue weighted by molar-refractivity contribution is -0.150. The van der Waals surface area contributed by atoms with E-state index < -0.39 is 11.4 Å². The monoisotopic (exact) mass is 170 g/mol. The largest absolute Gasteiger partial charge is 0.481 e. The first-order valence-corrected chi connectivity index (χ1v) is 4.35. The van der Waals surface area contributed by atoms with Crippen LogP contribution in [0, 0.1) is 11.3 Å². The molecule has 0 amide bonds. The van der Waals surface area contributed by atoms with Crippen molar-refractivity contribution >= 4 is 5.97 Å². The fourth-order valence-electron chi connectivity index (χ4n) is 1.31. The molecule has 0 aliphatic heterocycles. The van der Waals surface area contributed by atoms with Crippen molar-refractivity contribution in [2.75, 3.05) is 0 Å². The second kappa shape index (κ2) is 4.29. The zero-order valence-electron chi connectivity index (χ0n) is 8.13. The summed E-state index contributed by atoms with van der Waals surface area (Å²) in [6.07, 6.45) is 3.31. The Morgan fingerprint density at radius 2 is 2.25 bits per heavy atom. The van der Waals surface area contributed by atoms with Gasteiger partial charge in [-0.25, -0.2) is 0 Å². The molecule has 12 heavy (non-hydrogen) atoms. The molecule has 0 bridgehead atoms. The van der Waals surface area contributed by atoms with Gasteiger partial charge in [-0.05, 0) is 19.3 Å². The summed E-state index contributed by atoms with van der Waals surface area (Å²) < 4.78 is 0. The summed E-state index contributed by atoms with van der Waals surface area (Å²) in [5, 5.41) is 9.02. The van der Waals surface area contributed by atoms with E-state index in [0.29, 0.717) is 6.42 Å². The topological polar surface area (TPSA) is 37.3 Å². The molecule has 0 fully saturated rings. The lowest BCUT2D eigenvalue weighted by atomic mass is 9.75. The Balaban J connectivity index is 4.59. The van der Waals surface area contributed by atoms with Crippen molar-refractivity contribution in [1.82, 2.24) is 0 Å². The molecular weight excluding hydrogens is 152 g/mol. The van der Waals surface area contributed by atoms with Crippen LogP contribution in [0.4, 0.5) is 0 Å². The Morgan fingerprint density at radius 1 is 1.75 bits per heavy atom. The van der Waals surface area contributed by atoms with Gasteiger partial charge in [0.05, 0.1) is 5.41 Å². The van der Waals surface area contributed by atoms with Crippen LogP contribution in [0.5, 0.6) is 0 Å². The van der Waals surface area contributed by atoms with Gasteiger partial charge in [0.1, 0.15) is 0 Å². The minimum Gasteiger partial charge on any atom is -0.481 e. The van der Waals surface area contributed by atoms with Crippen molar-refractivity contribution < 1.29 is 9.90 Å². The van der Waals surface area contributed by atoms with Crippen LogP contribution in [0.2, 0.25) is 0 Å². The first kappa shape index (κ1) is 11.2. The molecule has 2 atom stereocenters. The second-order valence-corrected chi connectivity index (χ2v) is 3.50. The fourth-order valence-corrected chi connectivity index (χ4v) is 1.31. The van der Waals surface area contributed by atoms with Gasteiger partial charge in [-0.2, -0.15) is 0 Å². The van der Waals surface area contributed by atoms with E-state index >= 15 is 0 Å². The van der Waals surface area contributed by atoms with Crippen LogP contribution in [0.1, 0.15) is 33.6 Å². The van der Waals surface area contributed by atoms with Crippen LogP contribution in [0.25, 0.3) is 0 Å². The van der Waals surface area contributed by atoms with Crippen LogP contribution >= 0.6 is 0 Å². The highest BCUT2D eigenvalue weighted by Crippen LogP contribution is 2.33. The summed E-state index contributed by atoms with van der Waals surface area (Å²) >= 11 is 0. The van der Waals surface area contributed by atoms with Crippen LogP contribution < -0.4 is 0 Å². The molecule has 0 aromatic heterocycles. The summed E-state index contributed by atoms with van der Waals surface area (Å²) in [6, 6.07) is 0. The average Bonchev–Trinajstić information content (AvgIpc) is 2.03. The summed E-state index contributed by atoms with van der Waals surface area (Å²) in [5.41, 5.74) is -0.642. The van der Waals surface area contributed by atoms with Gasteiger partial charge in [0, 0.05) is 0 Å². The number of carboxylic acid groups (broad SMARTS) is 1. The molecule has 0 aromatic rings. The Morgan fingerprint density at radius 3 is 2.50 bits per heavy atom. The van der Waals surface area contributed by atoms with Crippen molar-refractivity contribution in [3.05, 3.63) is 12.7 Å². The third-order valence-electron chi connectivity index (χ3n) is 2.62. The molecular formula is C10H18O2. The maximum absolute atomic E-state index is 11.0. The third-order valence-corrected chi connectivity index (χ3v) is 2.62.